The highest BCUT2D eigenvalue weighted by Gasteiger charge is 2.17. The van der Waals surface area contributed by atoms with E-state index in [1.54, 1.807) is 0 Å². The van der Waals surface area contributed by atoms with Crippen LogP contribution in [0.5, 0.6) is 0 Å². The minimum Gasteiger partial charge on any atom is -0.384 e. The quantitative estimate of drug-likeness (QED) is 0.773. The molecule has 0 aliphatic carbocycles. The third-order valence-corrected chi connectivity index (χ3v) is 3.56. The Morgan fingerprint density at radius 2 is 1.67 bits per heavy atom. The molecule has 18 heavy (non-hydrogen) atoms. The number of anilines is 1. The van der Waals surface area contributed by atoms with E-state index in [0.717, 1.165) is 32.4 Å². The molecule has 1 rings (SSSR count). The van der Waals surface area contributed by atoms with Gasteiger partial charge in [-0.1, -0.05) is 45.9 Å². The summed E-state index contributed by atoms with van der Waals surface area (Å²) in [7, 11) is 0. The highest BCUT2D eigenvalue weighted by molar-refractivity contribution is 5.58. The van der Waals surface area contributed by atoms with Crippen molar-refractivity contribution in [3.05, 3.63) is 29.3 Å². The fraction of sp³-hybridized carbons (Fsp3) is 0.625. The molecule has 0 heterocycles. The van der Waals surface area contributed by atoms with Crippen LogP contribution in [-0.2, 0) is 12.8 Å². The van der Waals surface area contributed by atoms with Crippen LogP contribution in [0.4, 0.5) is 5.69 Å². The fourth-order valence-electron chi connectivity index (χ4n) is 2.28. The second kappa shape index (κ2) is 6.79. The standard InChI is InChI=1S/C16H28N2/c1-5-13-8-7-9-14(6-2)15(13)18-12-16(3,4)10-11-17/h7-9,18H,5-6,10-12,17H2,1-4H3. The summed E-state index contributed by atoms with van der Waals surface area (Å²) >= 11 is 0. The summed E-state index contributed by atoms with van der Waals surface area (Å²) in [5, 5.41) is 3.65. The Morgan fingerprint density at radius 1 is 1.11 bits per heavy atom. The molecule has 0 radical (unpaired) electrons. The molecule has 0 saturated carbocycles. The molecule has 1 aromatic rings. The van der Waals surface area contributed by atoms with Gasteiger partial charge in [0.15, 0.2) is 0 Å². The van der Waals surface area contributed by atoms with E-state index >= 15 is 0 Å². The Morgan fingerprint density at radius 3 is 2.11 bits per heavy atom. The van der Waals surface area contributed by atoms with E-state index < -0.39 is 0 Å². The molecule has 2 nitrogen and oxygen atoms in total. The van der Waals surface area contributed by atoms with Gasteiger partial charge in [0, 0.05) is 12.2 Å². The van der Waals surface area contributed by atoms with Crippen molar-refractivity contribution < 1.29 is 0 Å². The first-order valence-corrected chi connectivity index (χ1v) is 7.08. The number of aryl methyl sites for hydroxylation is 2. The molecule has 0 spiro atoms. The molecule has 0 atom stereocenters. The monoisotopic (exact) mass is 248 g/mol. The molecule has 0 amide bonds. The first kappa shape index (κ1) is 15.0. The maximum absolute atomic E-state index is 5.67. The lowest BCUT2D eigenvalue weighted by molar-refractivity contribution is 0.365. The lowest BCUT2D eigenvalue weighted by Crippen LogP contribution is -2.26. The van der Waals surface area contributed by atoms with Gasteiger partial charge < -0.3 is 11.1 Å². The maximum Gasteiger partial charge on any atom is 0.0405 e. The molecule has 0 aliphatic rings. The minimum atomic E-state index is 0.251. The average molecular weight is 248 g/mol. The van der Waals surface area contributed by atoms with Gasteiger partial charge in [0.2, 0.25) is 0 Å². The van der Waals surface area contributed by atoms with E-state index in [4.69, 9.17) is 5.73 Å². The van der Waals surface area contributed by atoms with Crippen molar-refractivity contribution in [3.8, 4) is 0 Å². The SMILES string of the molecule is CCc1cccc(CC)c1NCC(C)(C)CCN. The molecule has 0 aliphatic heterocycles. The van der Waals surface area contributed by atoms with Gasteiger partial charge in [0.05, 0.1) is 0 Å². The summed E-state index contributed by atoms with van der Waals surface area (Å²) < 4.78 is 0. The number of benzene rings is 1. The van der Waals surface area contributed by atoms with Gasteiger partial charge in [-0.3, -0.25) is 0 Å². The summed E-state index contributed by atoms with van der Waals surface area (Å²) in [6.45, 7) is 10.7. The van der Waals surface area contributed by atoms with Crippen molar-refractivity contribution in [1.82, 2.24) is 0 Å². The Bertz CT molecular complexity index is 347. The van der Waals surface area contributed by atoms with Crippen molar-refractivity contribution >= 4 is 5.69 Å². The third-order valence-electron chi connectivity index (χ3n) is 3.56. The zero-order chi connectivity index (χ0) is 13.6. The van der Waals surface area contributed by atoms with E-state index in [1.807, 2.05) is 0 Å². The highest BCUT2D eigenvalue weighted by atomic mass is 14.9. The molecule has 0 fully saturated rings. The van der Waals surface area contributed by atoms with Gasteiger partial charge in [0.1, 0.15) is 0 Å². The molecule has 0 aromatic heterocycles. The predicted octanol–water partition coefficient (Wildman–Crippen LogP) is 3.60. The Balaban J connectivity index is 2.83. The van der Waals surface area contributed by atoms with Gasteiger partial charge >= 0.3 is 0 Å². The van der Waals surface area contributed by atoms with Gasteiger partial charge in [-0.05, 0) is 42.3 Å². The molecule has 0 unspecified atom stereocenters. The first-order chi connectivity index (χ1) is 8.54. The minimum absolute atomic E-state index is 0.251. The number of para-hydroxylation sites is 1. The van der Waals surface area contributed by atoms with Crippen LogP contribution in [0.1, 0.15) is 45.2 Å². The predicted molar refractivity (Wildman–Crippen MR) is 81.1 cm³/mol. The van der Waals surface area contributed by atoms with Crippen LogP contribution in [0, 0.1) is 5.41 Å². The summed E-state index contributed by atoms with van der Waals surface area (Å²) in [4.78, 5) is 0. The highest BCUT2D eigenvalue weighted by Crippen LogP contribution is 2.26. The first-order valence-electron chi connectivity index (χ1n) is 7.08. The van der Waals surface area contributed by atoms with E-state index in [1.165, 1.54) is 16.8 Å². The number of rotatable bonds is 7. The third kappa shape index (κ3) is 4.02. The van der Waals surface area contributed by atoms with Crippen LogP contribution < -0.4 is 11.1 Å². The summed E-state index contributed by atoms with van der Waals surface area (Å²) in [5.41, 5.74) is 10.1. The lowest BCUT2D eigenvalue weighted by Gasteiger charge is -2.26. The molecule has 0 saturated heterocycles. The zero-order valence-corrected chi connectivity index (χ0v) is 12.3. The van der Waals surface area contributed by atoms with E-state index in [0.29, 0.717) is 0 Å². The summed E-state index contributed by atoms with van der Waals surface area (Å²) in [6.07, 6.45) is 3.21. The van der Waals surface area contributed by atoms with Crippen molar-refractivity contribution in [3.63, 3.8) is 0 Å². The van der Waals surface area contributed by atoms with Crippen molar-refractivity contribution in [2.45, 2.75) is 47.0 Å². The topological polar surface area (TPSA) is 38.0 Å². The maximum atomic E-state index is 5.67. The van der Waals surface area contributed by atoms with Crippen LogP contribution in [0.3, 0.4) is 0 Å². The number of hydrogen-bond donors (Lipinski definition) is 2. The molecular weight excluding hydrogens is 220 g/mol. The average Bonchev–Trinajstić information content (AvgIpc) is 2.35. The number of nitrogens with two attached hydrogens (primary N) is 1. The van der Waals surface area contributed by atoms with Crippen LogP contribution >= 0.6 is 0 Å². The number of nitrogens with one attached hydrogen (secondary N) is 1. The molecule has 3 N–H and O–H groups in total. The van der Waals surface area contributed by atoms with Crippen molar-refractivity contribution in [1.29, 1.82) is 0 Å². The molecule has 2 heteroatoms. The van der Waals surface area contributed by atoms with Crippen LogP contribution in [0.15, 0.2) is 18.2 Å². The summed E-state index contributed by atoms with van der Waals surface area (Å²) in [5.74, 6) is 0. The van der Waals surface area contributed by atoms with Gasteiger partial charge in [-0.25, -0.2) is 0 Å². The van der Waals surface area contributed by atoms with Crippen molar-refractivity contribution in [2.75, 3.05) is 18.4 Å². The van der Waals surface area contributed by atoms with Crippen molar-refractivity contribution in [2.24, 2.45) is 11.1 Å². The summed E-state index contributed by atoms with van der Waals surface area (Å²) in [6, 6.07) is 6.60. The molecule has 0 bridgehead atoms. The molecular formula is C16H28N2. The van der Waals surface area contributed by atoms with Gasteiger partial charge in [-0.2, -0.15) is 0 Å². The van der Waals surface area contributed by atoms with Crippen LogP contribution in [0.2, 0.25) is 0 Å². The Labute approximate surface area is 112 Å². The Kier molecular flexibility index (Phi) is 5.67. The normalized spacial score (nSPS) is 11.6. The zero-order valence-electron chi connectivity index (χ0n) is 12.3. The molecule has 102 valence electrons. The number of hydrogen-bond acceptors (Lipinski definition) is 2. The fourth-order valence-corrected chi connectivity index (χ4v) is 2.28. The van der Waals surface area contributed by atoms with E-state index in [9.17, 15) is 0 Å². The van der Waals surface area contributed by atoms with Crippen LogP contribution in [-0.4, -0.2) is 13.1 Å². The van der Waals surface area contributed by atoms with Gasteiger partial charge in [0.25, 0.3) is 0 Å². The van der Waals surface area contributed by atoms with Crippen LogP contribution in [0.25, 0.3) is 0 Å². The molecule has 1 aromatic carbocycles. The second-order valence-electron chi connectivity index (χ2n) is 5.71. The van der Waals surface area contributed by atoms with Gasteiger partial charge in [-0.15, -0.1) is 0 Å². The Hall–Kier alpha value is -1.02. The second-order valence-corrected chi connectivity index (χ2v) is 5.71. The lowest BCUT2D eigenvalue weighted by atomic mass is 9.89. The smallest absolute Gasteiger partial charge is 0.0405 e. The van der Waals surface area contributed by atoms with E-state index in [-0.39, 0.29) is 5.41 Å². The largest absolute Gasteiger partial charge is 0.384 e. The van der Waals surface area contributed by atoms with E-state index in [2.05, 4.69) is 51.2 Å².